The SMILES string of the molecule is CCNC(=NCCCOCC1CCOCC1)N(C)Cc1csc(C)n1. The second kappa shape index (κ2) is 11.4. The van der Waals surface area contributed by atoms with Crippen LogP contribution >= 0.6 is 11.3 Å². The van der Waals surface area contributed by atoms with Gasteiger partial charge >= 0.3 is 0 Å². The molecule has 0 bridgehead atoms. The average Bonchev–Trinajstić information content (AvgIpc) is 3.02. The highest BCUT2D eigenvalue weighted by molar-refractivity contribution is 7.09. The number of ether oxygens (including phenoxy) is 2. The molecule has 0 radical (unpaired) electrons. The number of thiazole rings is 1. The Kier molecular flexibility index (Phi) is 9.21. The van der Waals surface area contributed by atoms with E-state index in [1.165, 1.54) is 0 Å². The minimum Gasteiger partial charge on any atom is -0.381 e. The molecule has 2 heterocycles. The van der Waals surface area contributed by atoms with E-state index in [0.717, 1.165) is 82.0 Å². The van der Waals surface area contributed by atoms with Crippen LogP contribution in [0.2, 0.25) is 0 Å². The zero-order chi connectivity index (χ0) is 17.9. The summed E-state index contributed by atoms with van der Waals surface area (Å²) in [5.41, 5.74) is 1.09. The molecular weight excluding hydrogens is 336 g/mol. The fourth-order valence-electron chi connectivity index (χ4n) is 2.78. The van der Waals surface area contributed by atoms with Crippen LogP contribution < -0.4 is 5.32 Å². The minimum atomic E-state index is 0.669. The van der Waals surface area contributed by atoms with Crippen molar-refractivity contribution in [2.24, 2.45) is 10.9 Å². The zero-order valence-electron chi connectivity index (χ0n) is 15.8. The molecule has 0 aromatic carbocycles. The molecule has 0 aliphatic carbocycles. The minimum absolute atomic E-state index is 0.669. The van der Waals surface area contributed by atoms with Crippen molar-refractivity contribution in [2.45, 2.75) is 39.7 Å². The van der Waals surface area contributed by atoms with Gasteiger partial charge in [0.05, 0.1) is 17.2 Å². The van der Waals surface area contributed by atoms with Crippen molar-refractivity contribution in [3.8, 4) is 0 Å². The van der Waals surface area contributed by atoms with Crippen LogP contribution in [0, 0.1) is 12.8 Å². The number of hydrogen-bond donors (Lipinski definition) is 1. The summed E-state index contributed by atoms with van der Waals surface area (Å²) < 4.78 is 11.2. The van der Waals surface area contributed by atoms with Gasteiger partial charge in [0, 0.05) is 51.9 Å². The standard InChI is InChI=1S/C18H32N4O2S/c1-4-19-18(22(3)12-17-14-25-15(2)21-17)20-8-5-9-24-13-16-6-10-23-11-7-16/h14,16H,4-13H2,1-3H3,(H,19,20). The third-order valence-electron chi connectivity index (χ3n) is 4.16. The molecule has 142 valence electrons. The van der Waals surface area contributed by atoms with Gasteiger partial charge in [-0.05, 0) is 39.0 Å². The van der Waals surface area contributed by atoms with E-state index in [-0.39, 0.29) is 0 Å². The normalized spacial score (nSPS) is 16.2. The molecule has 1 N–H and O–H groups in total. The first-order valence-corrected chi connectivity index (χ1v) is 10.1. The second-order valence-corrected chi connectivity index (χ2v) is 7.50. The Labute approximate surface area is 155 Å². The molecule has 0 atom stereocenters. The topological polar surface area (TPSA) is 59.0 Å². The summed E-state index contributed by atoms with van der Waals surface area (Å²) in [5, 5.41) is 6.56. The monoisotopic (exact) mass is 368 g/mol. The van der Waals surface area contributed by atoms with Gasteiger partial charge in [-0.25, -0.2) is 4.98 Å². The lowest BCUT2D eigenvalue weighted by atomic mass is 10.0. The van der Waals surface area contributed by atoms with Crippen molar-refractivity contribution in [3.05, 3.63) is 16.1 Å². The molecular formula is C18H32N4O2S. The molecule has 6 nitrogen and oxygen atoms in total. The summed E-state index contributed by atoms with van der Waals surface area (Å²) in [5.74, 6) is 1.60. The summed E-state index contributed by atoms with van der Waals surface area (Å²) in [6, 6.07) is 0. The fraction of sp³-hybridized carbons (Fsp3) is 0.778. The molecule has 1 saturated heterocycles. The lowest BCUT2D eigenvalue weighted by molar-refractivity contribution is 0.0205. The van der Waals surface area contributed by atoms with Crippen LogP contribution in [0.4, 0.5) is 0 Å². The second-order valence-electron chi connectivity index (χ2n) is 6.43. The molecule has 7 heteroatoms. The van der Waals surface area contributed by atoms with Gasteiger partial charge in [-0.3, -0.25) is 4.99 Å². The third kappa shape index (κ3) is 7.71. The highest BCUT2D eigenvalue weighted by atomic mass is 32.1. The first kappa shape index (κ1) is 20.1. The Morgan fingerprint density at radius 3 is 2.96 bits per heavy atom. The van der Waals surface area contributed by atoms with Crippen LogP contribution in [-0.2, 0) is 16.0 Å². The van der Waals surface area contributed by atoms with Gasteiger partial charge in [-0.1, -0.05) is 0 Å². The van der Waals surface area contributed by atoms with Crippen molar-refractivity contribution in [2.75, 3.05) is 46.6 Å². The summed E-state index contributed by atoms with van der Waals surface area (Å²) in [6.45, 7) is 9.93. The molecule has 0 saturated carbocycles. The molecule has 2 rings (SSSR count). The molecule has 1 aromatic heterocycles. The van der Waals surface area contributed by atoms with Crippen LogP contribution in [-0.4, -0.2) is 62.4 Å². The predicted octanol–water partition coefficient (Wildman–Crippen LogP) is 2.68. The van der Waals surface area contributed by atoms with Crippen LogP contribution in [0.1, 0.15) is 36.9 Å². The summed E-state index contributed by atoms with van der Waals surface area (Å²) in [6.07, 6.45) is 3.20. The van der Waals surface area contributed by atoms with Gasteiger partial charge in [-0.2, -0.15) is 0 Å². The van der Waals surface area contributed by atoms with Gasteiger partial charge in [-0.15, -0.1) is 11.3 Å². The van der Waals surface area contributed by atoms with Crippen molar-refractivity contribution in [3.63, 3.8) is 0 Å². The number of hydrogen-bond acceptors (Lipinski definition) is 5. The van der Waals surface area contributed by atoms with Crippen molar-refractivity contribution >= 4 is 17.3 Å². The predicted molar refractivity (Wildman–Crippen MR) is 103 cm³/mol. The Hall–Kier alpha value is -1.18. The number of nitrogens with zero attached hydrogens (tertiary/aromatic N) is 3. The molecule has 25 heavy (non-hydrogen) atoms. The molecule has 1 aliphatic heterocycles. The zero-order valence-corrected chi connectivity index (χ0v) is 16.6. The van der Waals surface area contributed by atoms with E-state index in [1.807, 2.05) is 6.92 Å². The van der Waals surface area contributed by atoms with E-state index >= 15 is 0 Å². The Morgan fingerprint density at radius 2 is 2.28 bits per heavy atom. The number of aryl methyl sites for hydroxylation is 1. The summed E-state index contributed by atoms with van der Waals surface area (Å²) >= 11 is 1.69. The maximum Gasteiger partial charge on any atom is 0.194 e. The Morgan fingerprint density at radius 1 is 1.48 bits per heavy atom. The maximum atomic E-state index is 5.81. The Balaban J connectivity index is 1.67. The van der Waals surface area contributed by atoms with Crippen LogP contribution in [0.15, 0.2) is 10.4 Å². The van der Waals surface area contributed by atoms with E-state index in [0.29, 0.717) is 5.92 Å². The van der Waals surface area contributed by atoms with Crippen LogP contribution in [0.25, 0.3) is 0 Å². The number of rotatable bonds is 9. The molecule has 0 unspecified atom stereocenters. The first-order valence-electron chi connectivity index (χ1n) is 9.25. The number of nitrogens with one attached hydrogen (secondary N) is 1. The van der Waals surface area contributed by atoms with Crippen molar-refractivity contribution < 1.29 is 9.47 Å². The number of guanidine groups is 1. The van der Waals surface area contributed by atoms with E-state index in [4.69, 9.17) is 14.5 Å². The first-order chi connectivity index (χ1) is 12.2. The highest BCUT2D eigenvalue weighted by Gasteiger charge is 2.13. The molecule has 1 aliphatic rings. The summed E-state index contributed by atoms with van der Waals surface area (Å²) in [4.78, 5) is 11.4. The molecule has 0 spiro atoms. The van der Waals surface area contributed by atoms with Gasteiger partial charge in [0.25, 0.3) is 0 Å². The van der Waals surface area contributed by atoms with E-state index in [2.05, 4.69) is 34.6 Å². The van der Waals surface area contributed by atoms with E-state index in [9.17, 15) is 0 Å². The van der Waals surface area contributed by atoms with Crippen molar-refractivity contribution in [1.82, 2.24) is 15.2 Å². The van der Waals surface area contributed by atoms with E-state index in [1.54, 1.807) is 11.3 Å². The smallest absolute Gasteiger partial charge is 0.194 e. The molecule has 0 amide bonds. The molecule has 1 fully saturated rings. The largest absolute Gasteiger partial charge is 0.381 e. The van der Waals surface area contributed by atoms with Gasteiger partial charge in [0.2, 0.25) is 0 Å². The van der Waals surface area contributed by atoms with Crippen LogP contribution in [0.3, 0.4) is 0 Å². The molecule has 1 aromatic rings. The average molecular weight is 369 g/mol. The van der Waals surface area contributed by atoms with Crippen LogP contribution in [0.5, 0.6) is 0 Å². The summed E-state index contributed by atoms with van der Waals surface area (Å²) in [7, 11) is 2.05. The van der Waals surface area contributed by atoms with Crippen molar-refractivity contribution in [1.29, 1.82) is 0 Å². The Bertz CT molecular complexity index is 515. The number of aromatic nitrogens is 1. The fourth-order valence-corrected chi connectivity index (χ4v) is 3.39. The van der Waals surface area contributed by atoms with Gasteiger partial charge in [0.1, 0.15) is 0 Å². The van der Waals surface area contributed by atoms with Gasteiger partial charge in [0.15, 0.2) is 5.96 Å². The maximum absolute atomic E-state index is 5.81. The lowest BCUT2D eigenvalue weighted by Gasteiger charge is -2.22. The van der Waals surface area contributed by atoms with E-state index < -0.39 is 0 Å². The number of aliphatic imine (C=N–C) groups is 1. The third-order valence-corrected chi connectivity index (χ3v) is 4.99. The van der Waals surface area contributed by atoms with Gasteiger partial charge < -0.3 is 19.7 Å². The highest BCUT2D eigenvalue weighted by Crippen LogP contribution is 2.14. The lowest BCUT2D eigenvalue weighted by Crippen LogP contribution is -2.38. The quantitative estimate of drug-likeness (QED) is 0.413.